The first-order valence-electron chi connectivity index (χ1n) is 8.36. The number of benzene rings is 1. The number of aryl methyl sites for hydroxylation is 2. The Bertz CT molecular complexity index is 532. The van der Waals surface area contributed by atoms with Gasteiger partial charge in [-0.1, -0.05) is 12.1 Å². The number of rotatable bonds is 5. The third-order valence-corrected chi connectivity index (χ3v) is 4.48. The largest absolute Gasteiger partial charge is 0.490 e. The number of nitrogens with zero attached hydrogens (tertiary/aromatic N) is 1. The van der Waals surface area contributed by atoms with E-state index in [2.05, 4.69) is 42.3 Å². The van der Waals surface area contributed by atoms with Crippen molar-refractivity contribution in [2.45, 2.75) is 51.7 Å². The summed E-state index contributed by atoms with van der Waals surface area (Å²) in [6.45, 7) is 6.59. The van der Waals surface area contributed by atoms with Crippen LogP contribution in [0.5, 0.6) is 5.75 Å². The van der Waals surface area contributed by atoms with Crippen LogP contribution >= 0.6 is 0 Å². The fourth-order valence-electron chi connectivity index (χ4n) is 2.90. The van der Waals surface area contributed by atoms with Crippen LogP contribution in [0, 0.1) is 13.8 Å². The minimum Gasteiger partial charge on any atom is -0.490 e. The zero-order valence-corrected chi connectivity index (χ0v) is 13.6. The first-order chi connectivity index (χ1) is 10.6. The zero-order valence-electron chi connectivity index (χ0n) is 13.6. The number of carbonyl (C=O) groups is 1. The van der Waals surface area contributed by atoms with Crippen LogP contribution in [0.1, 0.15) is 36.8 Å². The monoisotopic (exact) mass is 302 g/mol. The Hall–Kier alpha value is -1.55. The third kappa shape index (κ3) is 4.23. The maximum absolute atomic E-state index is 11.8. The van der Waals surface area contributed by atoms with E-state index in [0.717, 1.165) is 44.5 Å². The molecule has 0 aromatic heterocycles. The molecule has 3 rings (SSSR count). The Morgan fingerprint density at radius 3 is 2.64 bits per heavy atom. The molecule has 2 aliphatic rings. The van der Waals surface area contributed by atoms with Gasteiger partial charge in [0.05, 0.1) is 6.54 Å². The van der Waals surface area contributed by atoms with E-state index in [-0.39, 0.29) is 12.0 Å². The Balaban J connectivity index is 1.45. The molecule has 1 aromatic rings. The standard InChI is InChI=1S/C18H26N2O2/c1-13-3-4-14(2)17(11-13)22-16-7-9-20(10-8-16)12-18(21)19-15-5-6-15/h3-4,11,15-16H,5-10,12H2,1-2H3,(H,19,21). The van der Waals surface area contributed by atoms with Crippen LogP contribution in [-0.4, -0.2) is 42.6 Å². The Morgan fingerprint density at radius 1 is 1.23 bits per heavy atom. The molecular weight excluding hydrogens is 276 g/mol. The maximum atomic E-state index is 11.8. The van der Waals surface area contributed by atoms with E-state index in [1.54, 1.807) is 0 Å². The number of likely N-dealkylation sites (tertiary alicyclic amines) is 1. The quantitative estimate of drug-likeness (QED) is 0.908. The molecule has 22 heavy (non-hydrogen) atoms. The van der Waals surface area contributed by atoms with Gasteiger partial charge in [-0.2, -0.15) is 0 Å². The molecular formula is C18H26N2O2. The summed E-state index contributed by atoms with van der Waals surface area (Å²) in [6.07, 6.45) is 4.55. The van der Waals surface area contributed by atoms with Crippen LogP contribution in [0.15, 0.2) is 18.2 Å². The van der Waals surface area contributed by atoms with Crippen LogP contribution in [0.2, 0.25) is 0 Å². The summed E-state index contributed by atoms with van der Waals surface area (Å²) >= 11 is 0. The second-order valence-corrected chi connectivity index (χ2v) is 6.70. The lowest BCUT2D eigenvalue weighted by Gasteiger charge is -2.32. The molecule has 120 valence electrons. The Labute approximate surface area is 132 Å². The number of ether oxygens (including phenoxy) is 1. The van der Waals surface area contributed by atoms with E-state index >= 15 is 0 Å². The van der Waals surface area contributed by atoms with Gasteiger partial charge < -0.3 is 10.1 Å². The van der Waals surface area contributed by atoms with Gasteiger partial charge in [0.15, 0.2) is 0 Å². The van der Waals surface area contributed by atoms with Gasteiger partial charge in [0, 0.05) is 19.1 Å². The molecule has 1 amide bonds. The first-order valence-corrected chi connectivity index (χ1v) is 8.36. The molecule has 4 heteroatoms. The lowest BCUT2D eigenvalue weighted by molar-refractivity contribution is -0.122. The predicted octanol–water partition coefficient (Wildman–Crippen LogP) is 2.43. The van der Waals surface area contributed by atoms with Gasteiger partial charge in [0.1, 0.15) is 11.9 Å². The van der Waals surface area contributed by atoms with E-state index in [4.69, 9.17) is 4.74 Å². The number of hydrogen-bond acceptors (Lipinski definition) is 3. The first kappa shape index (κ1) is 15.3. The molecule has 2 fully saturated rings. The molecule has 1 heterocycles. The molecule has 1 aliphatic heterocycles. The second kappa shape index (κ2) is 6.69. The maximum Gasteiger partial charge on any atom is 0.234 e. The molecule has 0 bridgehead atoms. The minimum atomic E-state index is 0.177. The fraction of sp³-hybridized carbons (Fsp3) is 0.611. The third-order valence-electron chi connectivity index (χ3n) is 4.48. The Morgan fingerprint density at radius 2 is 1.95 bits per heavy atom. The highest BCUT2D eigenvalue weighted by atomic mass is 16.5. The van der Waals surface area contributed by atoms with Crippen molar-refractivity contribution in [2.75, 3.05) is 19.6 Å². The highest BCUT2D eigenvalue weighted by Gasteiger charge is 2.26. The van der Waals surface area contributed by atoms with Gasteiger partial charge in [-0.25, -0.2) is 0 Å². The molecule has 1 saturated carbocycles. The van der Waals surface area contributed by atoms with E-state index < -0.39 is 0 Å². The summed E-state index contributed by atoms with van der Waals surface area (Å²) in [5.74, 6) is 1.18. The van der Waals surface area contributed by atoms with Crippen LogP contribution in [0.3, 0.4) is 0 Å². The summed E-state index contributed by atoms with van der Waals surface area (Å²) in [5.41, 5.74) is 2.42. The highest BCUT2D eigenvalue weighted by molar-refractivity contribution is 5.78. The molecule has 0 radical (unpaired) electrons. The molecule has 1 aliphatic carbocycles. The summed E-state index contributed by atoms with van der Waals surface area (Å²) in [6, 6.07) is 6.80. The average molecular weight is 302 g/mol. The van der Waals surface area contributed by atoms with Crippen LogP contribution < -0.4 is 10.1 Å². The van der Waals surface area contributed by atoms with Crippen molar-refractivity contribution in [3.63, 3.8) is 0 Å². The summed E-state index contributed by atoms with van der Waals surface area (Å²) in [4.78, 5) is 14.1. The van der Waals surface area contributed by atoms with Gasteiger partial charge in [0.2, 0.25) is 5.91 Å². The zero-order chi connectivity index (χ0) is 15.5. The SMILES string of the molecule is Cc1ccc(C)c(OC2CCN(CC(=O)NC3CC3)CC2)c1. The lowest BCUT2D eigenvalue weighted by Crippen LogP contribution is -2.44. The number of amides is 1. The lowest BCUT2D eigenvalue weighted by atomic mass is 10.1. The van der Waals surface area contributed by atoms with Gasteiger partial charge in [-0.3, -0.25) is 9.69 Å². The molecule has 4 nitrogen and oxygen atoms in total. The fourth-order valence-corrected chi connectivity index (χ4v) is 2.90. The van der Waals surface area contributed by atoms with Crippen molar-refractivity contribution in [2.24, 2.45) is 0 Å². The summed E-state index contributed by atoms with van der Waals surface area (Å²) < 4.78 is 6.17. The smallest absolute Gasteiger partial charge is 0.234 e. The van der Waals surface area contributed by atoms with Crippen LogP contribution in [0.4, 0.5) is 0 Å². The van der Waals surface area contributed by atoms with Gasteiger partial charge in [-0.15, -0.1) is 0 Å². The molecule has 1 aromatic carbocycles. The van der Waals surface area contributed by atoms with E-state index in [1.807, 2.05) is 0 Å². The molecule has 1 saturated heterocycles. The summed E-state index contributed by atoms with van der Waals surface area (Å²) in [7, 11) is 0. The van der Waals surface area contributed by atoms with Crippen molar-refractivity contribution in [3.8, 4) is 5.75 Å². The van der Waals surface area contributed by atoms with Crippen molar-refractivity contribution >= 4 is 5.91 Å². The van der Waals surface area contributed by atoms with E-state index in [9.17, 15) is 4.79 Å². The average Bonchev–Trinajstić information content (AvgIpc) is 3.29. The Kier molecular flexibility index (Phi) is 4.67. The molecule has 1 N–H and O–H groups in total. The van der Waals surface area contributed by atoms with E-state index in [1.165, 1.54) is 11.1 Å². The predicted molar refractivity (Wildman–Crippen MR) is 87.2 cm³/mol. The molecule has 0 atom stereocenters. The second-order valence-electron chi connectivity index (χ2n) is 6.70. The van der Waals surface area contributed by atoms with Gasteiger partial charge in [-0.05, 0) is 56.7 Å². The minimum absolute atomic E-state index is 0.177. The molecule has 0 unspecified atom stereocenters. The van der Waals surface area contributed by atoms with Crippen molar-refractivity contribution < 1.29 is 9.53 Å². The van der Waals surface area contributed by atoms with Crippen LogP contribution in [-0.2, 0) is 4.79 Å². The summed E-state index contributed by atoms with van der Waals surface area (Å²) in [5, 5.41) is 3.05. The number of nitrogens with one attached hydrogen (secondary N) is 1. The van der Waals surface area contributed by atoms with Gasteiger partial charge >= 0.3 is 0 Å². The number of hydrogen-bond donors (Lipinski definition) is 1. The normalized spacial score (nSPS) is 19.9. The highest BCUT2D eigenvalue weighted by Crippen LogP contribution is 2.24. The topological polar surface area (TPSA) is 41.6 Å². The van der Waals surface area contributed by atoms with Crippen molar-refractivity contribution in [1.29, 1.82) is 0 Å². The van der Waals surface area contributed by atoms with Crippen LogP contribution in [0.25, 0.3) is 0 Å². The van der Waals surface area contributed by atoms with E-state index in [0.29, 0.717) is 12.6 Å². The van der Waals surface area contributed by atoms with Crippen molar-refractivity contribution in [1.82, 2.24) is 10.2 Å². The van der Waals surface area contributed by atoms with Crippen molar-refractivity contribution in [3.05, 3.63) is 29.3 Å². The number of carbonyl (C=O) groups excluding carboxylic acids is 1. The molecule has 0 spiro atoms. The van der Waals surface area contributed by atoms with Gasteiger partial charge in [0.25, 0.3) is 0 Å². The number of piperidine rings is 1.